The van der Waals surface area contributed by atoms with Crippen LogP contribution in [0.4, 0.5) is 0 Å². The molecule has 0 aliphatic rings. The van der Waals surface area contributed by atoms with Gasteiger partial charge in [0.1, 0.15) is 5.82 Å². The van der Waals surface area contributed by atoms with E-state index in [2.05, 4.69) is 29.1 Å². The van der Waals surface area contributed by atoms with Crippen molar-refractivity contribution in [3.05, 3.63) is 66.0 Å². The van der Waals surface area contributed by atoms with Crippen LogP contribution in [0.15, 0.2) is 54.6 Å². The number of nitrogens with zero attached hydrogens (tertiary/aromatic N) is 1. The molecule has 1 heterocycles. The molecular formula is C20H23N3O. The number of fused-ring (bicyclic) bond motifs is 1. The van der Waals surface area contributed by atoms with E-state index in [1.807, 2.05) is 54.6 Å². The molecule has 4 nitrogen and oxygen atoms in total. The van der Waals surface area contributed by atoms with Gasteiger partial charge in [-0.1, -0.05) is 62.7 Å². The van der Waals surface area contributed by atoms with E-state index in [1.165, 1.54) is 0 Å². The number of hydrogen-bond donors (Lipinski definition) is 2. The first-order valence-corrected chi connectivity index (χ1v) is 8.45. The van der Waals surface area contributed by atoms with E-state index in [0.717, 1.165) is 28.8 Å². The second-order valence-corrected chi connectivity index (χ2v) is 6.19. The molecule has 2 aromatic carbocycles. The van der Waals surface area contributed by atoms with Crippen molar-refractivity contribution in [2.24, 2.45) is 5.92 Å². The molecule has 2 N–H and O–H groups in total. The predicted octanol–water partition coefficient (Wildman–Crippen LogP) is 4.01. The number of benzene rings is 2. The molecule has 3 aromatic rings. The summed E-state index contributed by atoms with van der Waals surface area (Å²) in [5, 5.41) is 3.04. The van der Waals surface area contributed by atoms with Crippen LogP contribution in [0.25, 0.3) is 11.0 Å². The fourth-order valence-electron chi connectivity index (χ4n) is 3.00. The van der Waals surface area contributed by atoms with E-state index < -0.39 is 0 Å². The fraction of sp³-hybridized carbons (Fsp3) is 0.300. The van der Waals surface area contributed by atoms with Crippen molar-refractivity contribution in [2.75, 3.05) is 0 Å². The van der Waals surface area contributed by atoms with Crippen LogP contribution in [0.5, 0.6) is 0 Å². The molecule has 0 aliphatic carbocycles. The third-order valence-electron chi connectivity index (χ3n) is 4.52. The van der Waals surface area contributed by atoms with Crippen LogP contribution in [-0.4, -0.2) is 15.9 Å². The SMILES string of the molecule is CCC(C)C(C(=O)NCc1nc2ccccc2[nH]1)c1ccccc1. The minimum atomic E-state index is -0.138. The third kappa shape index (κ3) is 3.48. The first-order valence-electron chi connectivity index (χ1n) is 8.45. The average Bonchev–Trinajstić information content (AvgIpc) is 3.04. The maximum atomic E-state index is 12.8. The molecule has 0 radical (unpaired) electrons. The predicted molar refractivity (Wildman–Crippen MR) is 96.6 cm³/mol. The van der Waals surface area contributed by atoms with E-state index in [0.29, 0.717) is 6.54 Å². The van der Waals surface area contributed by atoms with Gasteiger partial charge in [-0.2, -0.15) is 0 Å². The van der Waals surface area contributed by atoms with Crippen molar-refractivity contribution in [2.45, 2.75) is 32.7 Å². The highest BCUT2D eigenvalue weighted by molar-refractivity contribution is 5.84. The van der Waals surface area contributed by atoms with Crippen molar-refractivity contribution >= 4 is 16.9 Å². The van der Waals surface area contributed by atoms with Crippen LogP contribution in [0, 0.1) is 5.92 Å². The first kappa shape index (κ1) is 16.2. The van der Waals surface area contributed by atoms with E-state index in [9.17, 15) is 4.79 Å². The van der Waals surface area contributed by atoms with Gasteiger partial charge in [0.15, 0.2) is 0 Å². The number of rotatable bonds is 6. The Kier molecular flexibility index (Phi) is 4.94. The molecule has 0 aliphatic heterocycles. The monoisotopic (exact) mass is 321 g/mol. The fourth-order valence-corrected chi connectivity index (χ4v) is 3.00. The molecular weight excluding hydrogens is 298 g/mol. The molecule has 24 heavy (non-hydrogen) atoms. The minimum Gasteiger partial charge on any atom is -0.348 e. The zero-order chi connectivity index (χ0) is 16.9. The summed E-state index contributed by atoms with van der Waals surface area (Å²) >= 11 is 0. The number of amides is 1. The van der Waals surface area contributed by atoms with Crippen LogP contribution >= 0.6 is 0 Å². The van der Waals surface area contributed by atoms with E-state index in [1.54, 1.807) is 0 Å². The highest BCUT2D eigenvalue weighted by atomic mass is 16.1. The molecule has 0 saturated carbocycles. The number of aromatic amines is 1. The molecule has 124 valence electrons. The Labute approximate surface area is 142 Å². The number of para-hydroxylation sites is 2. The van der Waals surface area contributed by atoms with Gasteiger partial charge in [0.25, 0.3) is 0 Å². The Balaban J connectivity index is 1.73. The summed E-state index contributed by atoms with van der Waals surface area (Å²) in [7, 11) is 0. The van der Waals surface area contributed by atoms with Gasteiger partial charge in [0, 0.05) is 0 Å². The van der Waals surface area contributed by atoms with E-state index >= 15 is 0 Å². The number of imidazole rings is 1. The minimum absolute atomic E-state index is 0.0519. The number of nitrogens with one attached hydrogen (secondary N) is 2. The summed E-state index contributed by atoms with van der Waals surface area (Å²) < 4.78 is 0. The summed E-state index contributed by atoms with van der Waals surface area (Å²) in [4.78, 5) is 20.5. The molecule has 0 spiro atoms. The molecule has 0 fully saturated rings. The van der Waals surface area contributed by atoms with Gasteiger partial charge in [0.2, 0.25) is 5.91 Å². The van der Waals surface area contributed by atoms with Crippen molar-refractivity contribution < 1.29 is 4.79 Å². The van der Waals surface area contributed by atoms with Gasteiger partial charge in [-0.05, 0) is 23.6 Å². The highest BCUT2D eigenvalue weighted by Crippen LogP contribution is 2.27. The number of carbonyl (C=O) groups excluding carboxylic acids is 1. The zero-order valence-electron chi connectivity index (χ0n) is 14.1. The Hall–Kier alpha value is -2.62. The summed E-state index contributed by atoms with van der Waals surface area (Å²) in [5.74, 6) is 0.972. The molecule has 2 atom stereocenters. The number of carbonyl (C=O) groups is 1. The quantitative estimate of drug-likeness (QED) is 0.721. The van der Waals surface area contributed by atoms with Crippen LogP contribution in [-0.2, 0) is 11.3 Å². The summed E-state index contributed by atoms with van der Waals surface area (Å²) in [6.45, 7) is 4.65. The normalized spacial score (nSPS) is 13.6. The van der Waals surface area contributed by atoms with Crippen LogP contribution in [0.2, 0.25) is 0 Å². The standard InChI is InChI=1S/C20H23N3O/c1-3-14(2)19(15-9-5-4-6-10-15)20(24)21-13-18-22-16-11-7-8-12-17(16)23-18/h4-12,14,19H,3,13H2,1-2H3,(H,21,24)(H,22,23). The lowest BCUT2D eigenvalue weighted by Gasteiger charge is -2.22. The Morgan fingerprint density at radius 3 is 2.54 bits per heavy atom. The van der Waals surface area contributed by atoms with Gasteiger partial charge < -0.3 is 10.3 Å². The summed E-state index contributed by atoms with van der Waals surface area (Å²) in [6.07, 6.45) is 0.956. The molecule has 1 amide bonds. The van der Waals surface area contributed by atoms with E-state index in [-0.39, 0.29) is 17.7 Å². The van der Waals surface area contributed by atoms with Crippen molar-refractivity contribution in [3.8, 4) is 0 Å². The second kappa shape index (κ2) is 7.30. The zero-order valence-corrected chi connectivity index (χ0v) is 14.1. The van der Waals surface area contributed by atoms with Gasteiger partial charge in [-0.15, -0.1) is 0 Å². The Morgan fingerprint density at radius 2 is 1.83 bits per heavy atom. The molecule has 0 bridgehead atoms. The van der Waals surface area contributed by atoms with Gasteiger partial charge in [-0.25, -0.2) is 4.98 Å². The van der Waals surface area contributed by atoms with Gasteiger partial charge in [0.05, 0.1) is 23.5 Å². The number of H-pyrrole nitrogens is 1. The van der Waals surface area contributed by atoms with Gasteiger partial charge in [-0.3, -0.25) is 4.79 Å². The van der Waals surface area contributed by atoms with Crippen molar-refractivity contribution in [1.82, 2.24) is 15.3 Å². The van der Waals surface area contributed by atoms with Crippen LogP contribution in [0.3, 0.4) is 0 Å². The van der Waals surface area contributed by atoms with Crippen LogP contribution < -0.4 is 5.32 Å². The highest BCUT2D eigenvalue weighted by Gasteiger charge is 2.25. The maximum Gasteiger partial charge on any atom is 0.228 e. The van der Waals surface area contributed by atoms with Crippen molar-refractivity contribution in [3.63, 3.8) is 0 Å². The number of hydrogen-bond acceptors (Lipinski definition) is 2. The lowest BCUT2D eigenvalue weighted by molar-refractivity contribution is -0.123. The molecule has 2 unspecified atom stereocenters. The van der Waals surface area contributed by atoms with Crippen molar-refractivity contribution in [1.29, 1.82) is 0 Å². The first-order chi connectivity index (χ1) is 11.7. The Morgan fingerprint density at radius 1 is 1.12 bits per heavy atom. The lowest BCUT2D eigenvalue weighted by Crippen LogP contribution is -2.32. The maximum absolute atomic E-state index is 12.8. The summed E-state index contributed by atoms with van der Waals surface area (Å²) in [6, 6.07) is 17.9. The smallest absolute Gasteiger partial charge is 0.228 e. The number of aromatic nitrogens is 2. The average molecular weight is 321 g/mol. The second-order valence-electron chi connectivity index (χ2n) is 6.19. The molecule has 3 rings (SSSR count). The van der Waals surface area contributed by atoms with E-state index in [4.69, 9.17) is 0 Å². The third-order valence-corrected chi connectivity index (χ3v) is 4.52. The van der Waals surface area contributed by atoms with Gasteiger partial charge >= 0.3 is 0 Å². The molecule has 4 heteroatoms. The summed E-state index contributed by atoms with van der Waals surface area (Å²) in [5.41, 5.74) is 2.97. The largest absolute Gasteiger partial charge is 0.348 e. The topological polar surface area (TPSA) is 57.8 Å². The van der Waals surface area contributed by atoms with Crippen LogP contribution in [0.1, 0.15) is 37.6 Å². The molecule has 0 saturated heterocycles. The lowest BCUT2D eigenvalue weighted by atomic mass is 9.85. The Bertz CT molecular complexity index is 777. The molecule has 1 aromatic heterocycles.